The first-order valence-corrected chi connectivity index (χ1v) is 10.1. The van der Waals surface area contributed by atoms with Crippen molar-refractivity contribution in [1.82, 2.24) is 5.32 Å². The van der Waals surface area contributed by atoms with Crippen molar-refractivity contribution in [3.05, 3.63) is 70.7 Å². The second-order valence-electron chi connectivity index (χ2n) is 6.77. The third-order valence-corrected chi connectivity index (χ3v) is 3.97. The Hall–Kier alpha value is -3.49. The van der Waals surface area contributed by atoms with Crippen LogP contribution in [-0.2, 0) is 20.8 Å². The van der Waals surface area contributed by atoms with E-state index >= 15 is 0 Å². The van der Waals surface area contributed by atoms with Crippen LogP contribution in [0.3, 0.4) is 0 Å². The number of ether oxygens (including phenoxy) is 3. The number of hydrogen-bond acceptors (Lipinski definition) is 5. The number of rotatable bonds is 9. The maximum atomic E-state index is 13.0. The monoisotopic (exact) mass is 467 g/mol. The molecule has 2 aromatic carbocycles. The molecule has 0 atom stereocenters. The highest BCUT2D eigenvalue weighted by atomic mass is 19.3. The molecule has 0 aromatic heterocycles. The molecule has 1 amide bonds. The van der Waals surface area contributed by atoms with Crippen molar-refractivity contribution in [2.75, 3.05) is 20.6 Å². The maximum absolute atomic E-state index is 13.0. The van der Waals surface area contributed by atoms with E-state index in [1.54, 1.807) is 51.1 Å². The third-order valence-electron chi connectivity index (χ3n) is 3.97. The number of halogens is 3. The lowest BCUT2D eigenvalue weighted by Gasteiger charge is -2.14. The van der Waals surface area contributed by atoms with Gasteiger partial charge in [0, 0.05) is 6.54 Å². The minimum absolute atomic E-state index is 0.0506. The Balaban J connectivity index is 0.00000172. The Morgan fingerprint density at radius 1 is 1.09 bits per heavy atom. The van der Waals surface area contributed by atoms with Gasteiger partial charge in [-0.05, 0) is 62.2 Å². The lowest BCUT2D eigenvalue weighted by Crippen LogP contribution is -2.23. The molecular formula is C24H28F3NO5. The number of benzene rings is 2. The summed E-state index contributed by atoms with van der Waals surface area (Å²) in [6.45, 7) is 4.01. The van der Waals surface area contributed by atoms with Crippen molar-refractivity contribution in [3.8, 4) is 5.75 Å². The predicted molar refractivity (Wildman–Crippen MR) is 118 cm³/mol. The summed E-state index contributed by atoms with van der Waals surface area (Å²) in [5, 5.41) is 2.78. The van der Waals surface area contributed by atoms with Crippen molar-refractivity contribution in [1.29, 1.82) is 0 Å². The van der Waals surface area contributed by atoms with Crippen molar-refractivity contribution in [3.63, 3.8) is 0 Å². The molecule has 2 aromatic rings. The van der Waals surface area contributed by atoms with E-state index in [-0.39, 0.29) is 36.7 Å². The van der Waals surface area contributed by atoms with Crippen LogP contribution in [0, 0.1) is 5.82 Å². The predicted octanol–water partition coefficient (Wildman–Crippen LogP) is 4.98. The highest BCUT2D eigenvalue weighted by Crippen LogP contribution is 2.22. The second-order valence-corrected chi connectivity index (χ2v) is 6.77. The van der Waals surface area contributed by atoms with Gasteiger partial charge in [0.05, 0.1) is 25.4 Å². The molecule has 0 saturated heterocycles. The Labute approximate surface area is 191 Å². The first kappa shape index (κ1) is 27.5. The molecule has 0 unspecified atom stereocenters. The molecule has 0 spiro atoms. The molecule has 0 aliphatic carbocycles. The first-order chi connectivity index (χ1) is 15.7. The number of esters is 1. The largest absolute Gasteiger partial charge is 0.496 e. The minimum atomic E-state index is -1.75. The van der Waals surface area contributed by atoms with Gasteiger partial charge in [-0.1, -0.05) is 18.2 Å². The first-order valence-electron chi connectivity index (χ1n) is 10.1. The minimum Gasteiger partial charge on any atom is -0.496 e. The zero-order chi connectivity index (χ0) is 24.8. The summed E-state index contributed by atoms with van der Waals surface area (Å²) in [6.07, 6.45) is 1.30. The zero-order valence-electron chi connectivity index (χ0n) is 19.0. The van der Waals surface area contributed by atoms with Crippen LogP contribution in [0.1, 0.15) is 42.3 Å². The molecule has 0 aliphatic heterocycles. The van der Waals surface area contributed by atoms with Gasteiger partial charge in [-0.3, -0.25) is 4.79 Å². The molecule has 0 bridgehead atoms. The summed E-state index contributed by atoms with van der Waals surface area (Å²) in [4.78, 5) is 24.9. The molecular weight excluding hydrogens is 439 g/mol. The quantitative estimate of drug-likeness (QED) is 0.320. The summed E-state index contributed by atoms with van der Waals surface area (Å²) in [5.41, 5.74) is 1.63. The summed E-state index contributed by atoms with van der Waals surface area (Å²) in [6, 6.07) is 10.8. The van der Waals surface area contributed by atoms with Crippen LogP contribution in [-0.4, -0.2) is 38.6 Å². The fraction of sp³-hybridized carbons (Fsp3) is 0.333. The van der Waals surface area contributed by atoms with Crippen LogP contribution < -0.4 is 10.1 Å². The van der Waals surface area contributed by atoms with Gasteiger partial charge in [0.1, 0.15) is 11.6 Å². The molecule has 0 heterocycles. The fourth-order valence-corrected chi connectivity index (χ4v) is 2.62. The number of amides is 1. The van der Waals surface area contributed by atoms with E-state index < -0.39 is 12.9 Å². The average molecular weight is 467 g/mol. The van der Waals surface area contributed by atoms with Crippen LogP contribution in [0.15, 0.2) is 48.2 Å². The van der Waals surface area contributed by atoms with Crippen molar-refractivity contribution >= 4 is 18.0 Å². The van der Waals surface area contributed by atoms with E-state index in [1.807, 2.05) is 0 Å². The van der Waals surface area contributed by atoms with Crippen molar-refractivity contribution < 1.29 is 37.0 Å². The third kappa shape index (κ3) is 9.67. The van der Waals surface area contributed by atoms with E-state index in [9.17, 15) is 22.8 Å². The number of carbonyl (C=O) groups is 2. The number of carbonyl (C=O) groups excluding carboxylic acids is 2. The van der Waals surface area contributed by atoms with Crippen LogP contribution in [0.4, 0.5) is 13.2 Å². The van der Waals surface area contributed by atoms with Gasteiger partial charge in [-0.25, -0.2) is 18.0 Å². The van der Waals surface area contributed by atoms with Gasteiger partial charge in [-0.2, -0.15) is 0 Å². The number of hydrogen-bond donors (Lipinski definition) is 1. The molecule has 0 aliphatic rings. The highest BCUT2D eigenvalue weighted by molar-refractivity contribution is 5.98. The maximum Gasteiger partial charge on any atom is 0.373 e. The Morgan fingerprint density at radius 3 is 2.27 bits per heavy atom. The summed E-state index contributed by atoms with van der Waals surface area (Å²) in [7, 11) is 1.47. The topological polar surface area (TPSA) is 73.9 Å². The second kappa shape index (κ2) is 14.5. The van der Waals surface area contributed by atoms with E-state index in [0.29, 0.717) is 16.9 Å². The van der Waals surface area contributed by atoms with Gasteiger partial charge >= 0.3 is 5.97 Å². The van der Waals surface area contributed by atoms with E-state index in [4.69, 9.17) is 14.2 Å². The average Bonchev–Trinajstić information content (AvgIpc) is 2.78. The molecule has 9 heteroatoms. The standard InChI is InChI=1S/C23H26FNO5.CH2F2/c1-5-29-23(27)21(30-15(2)3)13-17-8-11-20(28-4)19(12-17)22(26)25-14-16-6-9-18(24)10-7-16;2-1-3/h6-13,15H,5,14H2,1-4H3,(H,25,26);1H2/b21-13-;. The van der Waals surface area contributed by atoms with Crippen LogP contribution in [0.5, 0.6) is 5.75 Å². The number of methoxy groups -OCH3 is 1. The smallest absolute Gasteiger partial charge is 0.373 e. The van der Waals surface area contributed by atoms with Gasteiger partial charge < -0.3 is 19.5 Å². The fourth-order valence-electron chi connectivity index (χ4n) is 2.62. The molecule has 0 radical (unpaired) electrons. The zero-order valence-corrected chi connectivity index (χ0v) is 19.0. The van der Waals surface area contributed by atoms with Gasteiger partial charge in [0.2, 0.25) is 12.7 Å². The van der Waals surface area contributed by atoms with Gasteiger partial charge in [-0.15, -0.1) is 0 Å². The normalized spacial score (nSPS) is 10.7. The molecule has 180 valence electrons. The number of alkyl halides is 2. The molecule has 0 fully saturated rings. The number of nitrogens with one attached hydrogen (secondary N) is 1. The Kier molecular flexibility index (Phi) is 12.1. The summed E-state index contributed by atoms with van der Waals surface area (Å²) in [5.74, 6) is -0.855. The molecule has 0 saturated carbocycles. The lowest BCUT2D eigenvalue weighted by atomic mass is 10.1. The van der Waals surface area contributed by atoms with Gasteiger partial charge in [0.25, 0.3) is 5.91 Å². The molecule has 1 N–H and O–H groups in total. The van der Waals surface area contributed by atoms with E-state index in [1.165, 1.54) is 25.3 Å². The highest BCUT2D eigenvalue weighted by Gasteiger charge is 2.17. The van der Waals surface area contributed by atoms with Crippen molar-refractivity contribution in [2.24, 2.45) is 0 Å². The van der Waals surface area contributed by atoms with Crippen LogP contribution in [0.25, 0.3) is 6.08 Å². The van der Waals surface area contributed by atoms with E-state index in [2.05, 4.69) is 5.32 Å². The lowest BCUT2D eigenvalue weighted by molar-refractivity contribution is -0.143. The van der Waals surface area contributed by atoms with Crippen molar-refractivity contribution in [2.45, 2.75) is 33.4 Å². The molecule has 6 nitrogen and oxygen atoms in total. The van der Waals surface area contributed by atoms with Gasteiger partial charge in [0.15, 0.2) is 0 Å². The molecule has 2 rings (SSSR count). The van der Waals surface area contributed by atoms with E-state index in [0.717, 1.165) is 5.56 Å². The van der Waals surface area contributed by atoms with Crippen LogP contribution in [0.2, 0.25) is 0 Å². The summed E-state index contributed by atoms with van der Waals surface area (Å²) >= 11 is 0. The SMILES string of the molecule is CCOC(=O)/C(=C/c1ccc(OC)c(C(=O)NCc2ccc(F)cc2)c1)OC(C)C.FCF. The Bertz CT molecular complexity index is 930. The van der Waals surface area contributed by atoms with Crippen LogP contribution >= 0.6 is 0 Å². The summed E-state index contributed by atoms with van der Waals surface area (Å²) < 4.78 is 48.2. The molecule has 33 heavy (non-hydrogen) atoms. The Morgan fingerprint density at radius 2 is 1.73 bits per heavy atom.